The van der Waals surface area contributed by atoms with Gasteiger partial charge < -0.3 is 10.6 Å². The van der Waals surface area contributed by atoms with Gasteiger partial charge in [0.2, 0.25) is 0 Å². The average Bonchev–Trinajstić information content (AvgIpc) is 3.37. The number of amides is 1. The molecule has 3 heterocycles. The summed E-state index contributed by atoms with van der Waals surface area (Å²) in [5, 5.41) is 9.59. The standard InChI is InChI=1S/C23H21N3OS2/c1-15-8-6-12-20(24-15)25-21(19-11-7-13-28-19)18-14-16(2)29-23(18)26-22(27)17-9-4-3-5-10-17/h3-14,21H,1-2H3,(H,24,25)(H,26,27)/t21-/m1/s1. The Kier molecular flexibility index (Phi) is 5.74. The zero-order valence-corrected chi connectivity index (χ0v) is 17.8. The van der Waals surface area contributed by atoms with E-state index in [4.69, 9.17) is 0 Å². The molecule has 4 rings (SSSR count). The van der Waals surface area contributed by atoms with Gasteiger partial charge in [0.15, 0.2) is 0 Å². The van der Waals surface area contributed by atoms with E-state index in [1.165, 1.54) is 4.88 Å². The Morgan fingerprint density at radius 2 is 1.83 bits per heavy atom. The van der Waals surface area contributed by atoms with Crippen LogP contribution in [0.25, 0.3) is 0 Å². The lowest BCUT2D eigenvalue weighted by atomic mass is 10.1. The molecule has 0 aliphatic heterocycles. The zero-order chi connectivity index (χ0) is 20.2. The summed E-state index contributed by atoms with van der Waals surface area (Å²) in [6.07, 6.45) is 0. The maximum Gasteiger partial charge on any atom is 0.256 e. The minimum atomic E-state index is -0.104. The summed E-state index contributed by atoms with van der Waals surface area (Å²) in [7, 11) is 0. The first-order valence-corrected chi connectivity index (χ1v) is 11.0. The Hall–Kier alpha value is -2.96. The van der Waals surface area contributed by atoms with E-state index in [1.807, 2.05) is 61.5 Å². The van der Waals surface area contributed by atoms with Crippen LogP contribution in [0.15, 0.2) is 72.1 Å². The molecule has 0 aliphatic rings. The number of benzene rings is 1. The number of rotatable bonds is 6. The Bertz CT molecular complexity index is 1100. The molecule has 4 aromatic rings. The number of hydrogen-bond acceptors (Lipinski definition) is 5. The maximum absolute atomic E-state index is 12.8. The first kappa shape index (κ1) is 19.4. The van der Waals surface area contributed by atoms with Crippen molar-refractivity contribution in [3.8, 4) is 0 Å². The molecule has 6 heteroatoms. The molecule has 0 aliphatic carbocycles. The fourth-order valence-electron chi connectivity index (χ4n) is 3.14. The van der Waals surface area contributed by atoms with Crippen LogP contribution in [0, 0.1) is 13.8 Å². The van der Waals surface area contributed by atoms with E-state index in [-0.39, 0.29) is 11.9 Å². The van der Waals surface area contributed by atoms with Gasteiger partial charge in [0.25, 0.3) is 5.91 Å². The molecule has 1 aromatic carbocycles. The van der Waals surface area contributed by atoms with Crippen molar-refractivity contribution in [2.24, 2.45) is 0 Å². The quantitative estimate of drug-likeness (QED) is 0.387. The van der Waals surface area contributed by atoms with Crippen LogP contribution in [-0.4, -0.2) is 10.9 Å². The van der Waals surface area contributed by atoms with Crippen molar-refractivity contribution in [3.63, 3.8) is 0 Å². The second kappa shape index (κ2) is 8.59. The second-order valence-corrected chi connectivity index (χ2v) is 8.95. The van der Waals surface area contributed by atoms with Gasteiger partial charge in [-0.1, -0.05) is 30.3 Å². The fraction of sp³-hybridized carbons (Fsp3) is 0.130. The highest BCUT2D eigenvalue weighted by molar-refractivity contribution is 7.16. The van der Waals surface area contributed by atoms with E-state index in [0.29, 0.717) is 5.56 Å². The summed E-state index contributed by atoms with van der Waals surface area (Å²) < 4.78 is 0. The maximum atomic E-state index is 12.8. The summed E-state index contributed by atoms with van der Waals surface area (Å²) in [5.41, 5.74) is 2.65. The summed E-state index contributed by atoms with van der Waals surface area (Å²) in [6.45, 7) is 4.04. The van der Waals surface area contributed by atoms with Crippen molar-refractivity contribution >= 4 is 39.4 Å². The number of anilines is 2. The van der Waals surface area contributed by atoms with Crippen LogP contribution in [0.1, 0.15) is 37.4 Å². The minimum absolute atomic E-state index is 0.0969. The normalized spacial score (nSPS) is 11.8. The highest BCUT2D eigenvalue weighted by Crippen LogP contribution is 2.39. The van der Waals surface area contributed by atoms with Crippen molar-refractivity contribution in [1.29, 1.82) is 0 Å². The molecule has 29 heavy (non-hydrogen) atoms. The van der Waals surface area contributed by atoms with Crippen LogP contribution >= 0.6 is 22.7 Å². The molecule has 0 saturated carbocycles. The number of hydrogen-bond donors (Lipinski definition) is 2. The number of nitrogens with one attached hydrogen (secondary N) is 2. The Morgan fingerprint density at radius 3 is 2.55 bits per heavy atom. The van der Waals surface area contributed by atoms with Crippen LogP contribution in [0.2, 0.25) is 0 Å². The Morgan fingerprint density at radius 1 is 1.00 bits per heavy atom. The molecule has 0 radical (unpaired) electrons. The number of nitrogens with zero attached hydrogens (tertiary/aromatic N) is 1. The van der Waals surface area contributed by atoms with Crippen molar-refractivity contribution < 1.29 is 4.79 Å². The van der Waals surface area contributed by atoms with Crippen LogP contribution in [-0.2, 0) is 0 Å². The van der Waals surface area contributed by atoms with Gasteiger partial charge in [-0.25, -0.2) is 4.98 Å². The lowest BCUT2D eigenvalue weighted by molar-refractivity contribution is 0.102. The van der Waals surface area contributed by atoms with E-state index in [9.17, 15) is 4.79 Å². The fourth-order valence-corrected chi connectivity index (χ4v) is 4.88. The molecule has 0 saturated heterocycles. The van der Waals surface area contributed by atoms with E-state index in [1.54, 1.807) is 22.7 Å². The third kappa shape index (κ3) is 4.55. The van der Waals surface area contributed by atoms with E-state index >= 15 is 0 Å². The molecule has 4 nitrogen and oxygen atoms in total. The summed E-state index contributed by atoms with van der Waals surface area (Å²) in [5.74, 6) is 0.708. The zero-order valence-electron chi connectivity index (χ0n) is 16.2. The highest BCUT2D eigenvalue weighted by atomic mass is 32.1. The summed E-state index contributed by atoms with van der Waals surface area (Å²) in [6, 6.07) is 21.4. The van der Waals surface area contributed by atoms with Crippen molar-refractivity contribution in [2.75, 3.05) is 10.6 Å². The van der Waals surface area contributed by atoms with Crippen molar-refractivity contribution in [3.05, 3.63) is 98.7 Å². The van der Waals surface area contributed by atoms with Gasteiger partial charge >= 0.3 is 0 Å². The van der Waals surface area contributed by atoms with Gasteiger partial charge in [0.1, 0.15) is 10.8 Å². The number of carbonyl (C=O) groups is 1. The molecule has 0 bridgehead atoms. The van der Waals surface area contributed by atoms with Gasteiger partial charge in [-0.15, -0.1) is 22.7 Å². The van der Waals surface area contributed by atoms with Gasteiger partial charge in [0, 0.05) is 26.6 Å². The summed E-state index contributed by atoms with van der Waals surface area (Å²) >= 11 is 3.27. The highest BCUT2D eigenvalue weighted by Gasteiger charge is 2.23. The molecule has 146 valence electrons. The number of aryl methyl sites for hydroxylation is 2. The largest absolute Gasteiger partial charge is 0.358 e. The van der Waals surface area contributed by atoms with Crippen LogP contribution in [0.3, 0.4) is 0 Å². The molecule has 2 N–H and O–H groups in total. The Labute approximate surface area is 178 Å². The molecular formula is C23H21N3OS2. The predicted molar refractivity (Wildman–Crippen MR) is 122 cm³/mol. The lowest BCUT2D eigenvalue weighted by Gasteiger charge is -2.19. The number of aromatic nitrogens is 1. The number of thiophene rings is 2. The molecule has 0 fully saturated rings. The average molecular weight is 420 g/mol. The Balaban J connectivity index is 1.69. The molecule has 0 unspecified atom stereocenters. The SMILES string of the molecule is Cc1cccc(N[C@@H](c2cccs2)c2cc(C)sc2NC(=O)c2ccccc2)n1. The van der Waals surface area contributed by atoms with Crippen LogP contribution in [0.4, 0.5) is 10.8 Å². The van der Waals surface area contributed by atoms with Crippen LogP contribution in [0.5, 0.6) is 0 Å². The number of pyridine rings is 1. The van der Waals surface area contributed by atoms with Crippen molar-refractivity contribution in [2.45, 2.75) is 19.9 Å². The summed E-state index contributed by atoms with van der Waals surface area (Å²) in [4.78, 5) is 19.7. The predicted octanol–water partition coefficient (Wildman–Crippen LogP) is 6.28. The number of carbonyl (C=O) groups excluding carboxylic acids is 1. The molecular weight excluding hydrogens is 398 g/mol. The van der Waals surface area contributed by atoms with E-state index in [2.05, 4.69) is 40.1 Å². The lowest BCUT2D eigenvalue weighted by Crippen LogP contribution is -2.16. The third-order valence-electron chi connectivity index (χ3n) is 4.47. The third-order valence-corrected chi connectivity index (χ3v) is 6.39. The van der Waals surface area contributed by atoms with Gasteiger partial charge in [0.05, 0.1) is 6.04 Å². The monoisotopic (exact) mass is 419 g/mol. The topological polar surface area (TPSA) is 54.0 Å². The van der Waals surface area contributed by atoms with Gasteiger partial charge in [-0.05, 0) is 55.6 Å². The molecule has 3 aromatic heterocycles. The van der Waals surface area contributed by atoms with E-state index in [0.717, 1.165) is 27.0 Å². The van der Waals surface area contributed by atoms with Crippen LogP contribution < -0.4 is 10.6 Å². The van der Waals surface area contributed by atoms with Gasteiger partial charge in [-0.3, -0.25) is 4.79 Å². The van der Waals surface area contributed by atoms with E-state index < -0.39 is 0 Å². The molecule has 1 amide bonds. The second-order valence-electron chi connectivity index (χ2n) is 6.72. The first-order chi connectivity index (χ1) is 14.1. The smallest absolute Gasteiger partial charge is 0.256 e. The van der Waals surface area contributed by atoms with Crippen molar-refractivity contribution in [1.82, 2.24) is 4.98 Å². The molecule has 0 spiro atoms. The van der Waals surface area contributed by atoms with Gasteiger partial charge in [-0.2, -0.15) is 0 Å². The molecule has 1 atom stereocenters. The first-order valence-electron chi connectivity index (χ1n) is 9.30. The minimum Gasteiger partial charge on any atom is -0.358 e.